The van der Waals surface area contributed by atoms with E-state index in [1.165, 1.54) is 12.1 Å². The highest BCUT2D eigenvalue weighted by atomic mass is 19.4. The van der Waals surface area contributed by atoms with Gasteiger partial charge in [-0.3, -0.25) is 4.79 Å². The summed E-state index contributed by atoms with van der Waals surface area (Å²) < 4.78 is 37.6. The van der Waals surface area contributed by atoms with E-state index in [9.17, 15) is 22.8 Å². The molecule has 0 aliphatic heterocycles. The van der Waals surface area contributed by atoms with Crippen molar-refractivity contribution in [3.63, 3.8) is 0 Å². The summed E-state index contributed by atoms with van der Waals surface area (Å²) in [5.74, 6) is -0.345. The number of rotatable bonds is 5. The summed E-state index contributed by atoms with van der Waals surface area (Å²) in [6.45, 7) is 0. The van der Waals surface area contributed by atoms with Gasteiger partial charge in [-0.2, -0.15) is 13.2 Å². The topological polar surface area (TPSA) is 70.2 Å². The number of benzene rings is 2. The summed E-state index contributed by atoms with van der Waals surface area (Å²) in [5, 5.41) is 8.16. The fraction of sp³-hybridized carbons (Fsp3) is 0.263. The highest BCUT2D eigenvalue weighted by molar-refractivity contribution is 5.93. The standard InChI is InChI=1S/C19H18F3N3O2/c20-19(21,22)13-3-1-12(2-4-13)11-17(26)23-14-5-7-15(8-6-14)24-18(27)25-16-9-10-16/h1-8,16H,9-11H2,(H,23,26)(H2,24,25,27). The number of nitrogens with one attached hydrogen (secondary N) is 3. The van der Waals surface area contributed by atoms with E-state index in [4.69, 9.17) is 0 Å². The first-order valence-electron chi connectivity index (χ1n) is 8.43. The third kappa shape index (κ3) is 5.73. The molecule has 8 heteroatoms. The summed E-state index contributed by atoms with van der Waals surface area (Å²) in [4.78, 5) is 23.7. The minimum absolute atomic E-state index is 0.0397. The van der Waals surface area contributed by atoms with Crippen LogP contribution in [0.1, 0.15) is 24.0 Å². The maximum Gasteiger partial charge on any atom is 0.416 e. The zero-order chi connectivity index (χ0) is 19.4. The van der Waals surface area contributed by atoms with Crippen molar-refractivity contribution in [1.82, 2.24) is 5.32 Å². The predicted octanol–water partition coefficient (Wildman–Crippen LogP) is 4.17. The highest BCUT2D eigenvalue weighted by Gasteiger charge is 2.30. The van der Waals surface area contributed by atoms with Crippen LogP contribution in [0.25, 0.3) is 0 Å². The van der Waals surface area contributed by atoms with E-state index in [2.05, 4.69) is 16.0 Å². The number of amides is 3. The zero-order valence-electron chi connectivity index (χ0n) is 14.3. The Kier molecular flexibility index (Phi) is 5.34. The Morgan fingerprint density at radius 1 is 0.889 bits per heavy atom. The molecule has 1 fully saturated rings. The number of hydrogen-bond donors (Lipinski definition) is 3. The fourth-order valence-electron chi connectivity index (χ4n) is 2.42. The van der Waals surface area contributed by atoms with Crippen molar-refractivity contribution in [3.8, 4) is 0 Å². The van der Waals surface area contributed by atoms with Gasteiger partial charge in [0, 0.05) is 17.4 Å². The third-order valence-electron chi connectivity index (χ3n) is 3.99. The van der Waals surface area contributed by atoms with Crippen molar-refractivity contribution in [3.05, 3.63) is 59.7 Å². The van der Waals surface area contributed by atoms with Gasteiger partial charge in [-0.1, -0.05) is 12.1 Å². The van der Waals surface area contributed by atoms with Gasteiger partial charge in [0.05, 0.1) is 12.0 Å². The van der Waals surface area contributed by atoms with Crippen LogP contribution in [0.5, 0.6) is 0 Å². The molecule has 1 saturated carbocycles. The molecule has 27 heavy (non-hydrogen) atoms. The lowest BCUT2D eigenvalue weighted by Gasteiger charge is -2.09. The van der Waals surface area contributed by atoms with Gasteiger partial charge in [0.1, 0.15) is 0 Å². The van der Waals surface area contributed by atoms with Gasteiger partial charge in [-0.05, 0) is 54.8 Å². The van der Waals surface area contributed by atoms with Crippen molar-refractivity contribution in [1.29, 1.82) is 0 Å². The van der Waals surface area contributed by atoms with Gasteiger partial charge in [-0.25, -0.2) is 4.79 Å². The average molecular weight is 377 g/mol. The van der Waals surface area contributed by atoms with Crippen LogP contribution in [0.4, 0.5) is 29.3 Å². The van der Waals surface area contributed by atoms with Gasteiger partial charge in [0.2, 0.25) is 5.91 Å². The van der Waals surface area contributed by atoms with E-state index in [0.29, 0.717) is 16.9 Å². The third-order valence-corrected chi connectivity index (χ3v) is 3.99. The van der Waals surface area contributed by atoms with Crippen LogP contribution in [-0.4, -0.2) is 18.0 Å². The van der Waals surface area contributed by atoms with Crippen LogP contribution in [-0.2, 0) is 17.4 Å². The molecule has 0 heterocycles. The number of halogens is 3. The molecule has 0 bridgehead atoms. The first-order valence-corrected chi connectivity index (χ1v) is 8.43. The van der Waals surface area contributed by atoms with E-state index >= 15 is 0 Å². The number of carbonyl (C=O) groups excluding carboxylic acids is 2. The summed E-state index contributed by atoms with van der Waals surface area (Å²) in [5.41, 5.74) is 0.852. The first-order chi connectivity index (χ1) is 12.8. The van der Waals surface area contributed by atoms with Gasteiger partial charge in [-0.15, -0.1) is 0 Å². The fourth-order valence-corrected chi connectivity index (χ4v) is 2.42. The van der Waals surface area contributed by atoms with Gasteiger partial charge in [0.25, 0.3) is 0 Å². The quantitative estimate of drug-likeness (QED) is 0.732. The van der Waals surface area contributed by atoms with Gasteiger partial charge >= 0.3 is 12.2 Å². The van der Waals surface area contributed by atoms with Gasteiger partial charge in [0.15, 0.2) is 0 Å². The Hall–Kier alpha value is -3.03. The average Bonchev–Trinajstić information content (AvgIpc) is 3.40. The normalized spacial score (nSPS) is 13.7. The van der Waals surface area contributed by atoms with Gasteiger partial charge < -0.3 is 16.0 Å². The maximum atomic E-state index is 12.5. The Morgan fingerprint density at radius 3 is 1.96 bits per heavy atom. The van der Waals surface area contributed by atoms with E-state index in [1.807, 2.05) is 0 Å². The lowest BCUT2D eigenvalue weighted by Crippen LogP contribution is -2.30. The summed E-state index contributed by atoms with van der Waals surface area (Å²) in [6, 6.07) is 11.0. The van der Waals surface area contributed by atoms with E-state index < -0.39 is 11.7 Å². The zero-order valence-corrected chi connectivity index (χ0v) is 14.3. The number of alkyl halides is 3. The van der Waals surface area contributed by atoms with Crippen molar-refractivity contribution in [2.24, 2.45) is 0 Å². The molecule has 3 rings (SSSR count). The van der Waals surface area contributed by atoms with E-state index in [-0.39, 0.29) is 24.4 Å². The minimum atomic E-state index is -4.40. The molecule has 142 valence electrons. The number of urea groups is 1. The van der Waals surface area contributed by atoms with Crippen molar-refractivity contribution in [2.45, 2.75) is 31.5 Å². The Bertz CT molecular complexity index is 814. The SMILES string of the molecule is O=C(Cc1ccc(C(F)(F)F)cc1)Nc1ccc(NC(=O)NC2CC2)cc1. The molecule has 2 aromatic carbocycles. The van der Waals surface area contributed by atoms with Crippen LogP contribution < -0.4 is 16.0 Å². The number of hydrogen-bond acceptors (Lipinski definition) is 2. The largest absolute Gasteiger partial charge is 0.416 e. The van der Waals surface area contributed by atoms with Crippen LogP contribution in [0.2, 0.25) is 0 Å². The Morgan fingerprint density at radius 2 is 1.44 bits per heavy atom. The van der Waals surface area contributed by atoms with Crippen LogP contribution in [0.3, 0.4) is 0 Å². The smallest absolute Gasteiger partial charge is 0.335 e. The second kappa shape index (κ2) is 7.69. The molecule has 3 amide bonds. The van der Waals surface area contributed by atoms with Crippen molar-refractivity contribution < 1.29 is 22.8 Å². The molecule has 0 spiro atoms. The van der Waals surface area contributed by atoms with Crippen LogP contribution in [0, 0.1) is 0 Å². The van der Waals surface area contributed by atoms with E-state index in [0.717, 1.165) is 25.0 Å². The molecule has 3 N–H and O–H groups in total. The lowest BCUT2D eigenvalue weighted by molar-refractivity contribution is -0.137. The molecule has 0 radical (unpaired) electrons. The number of carbonyl (C=O) groups is 2. The molecule has 2 aromatic rings. The van der Waals surface area contributed by atoms with E-state index in [1.54, 1.807) is 24.3 Å². The highest BCUT2D eigenvalue weighted by Crippen LogP contribution is 2.29. The van der Waals surface area contributed by atoms with Crippen LogP contribution in [0.15, 0.2) is 48.5 Å². The second-order valence-electron chi connectivity index (χ2n) is 6.37. The van der Waals surface area contributed by atoms with Crippen molar-refractivity contribution >= 4 is 23.3 Å². The monoisotopic (exact) mass is 377 g/mol. The maximum absolute atomic E-state index is 12.5. The Labute approximate surface area is 154 Å². The van der Waals surface area contributed by atoms with Crippen LogP contribution >= 0.6 is 0 Å². The molecule has 1 aliphatic rings. The first kappa shape index (κ1) is 18.8. The summed E-state index contributed by atoms with van der Waals surface area (Å²) >= 11 is 0. The molecule has 0 unspecified atom stereocenters. The second-order valence-corrected chi connectivity index (χ2v) is 6.37. The summed E-state index contributed by atoms with van der Waals surface area (Å²) in [7, 11) is 0. The van der Waals surface area contributed by atoms with Crippen molar-refractivity contribution in [2.75, 3.05) is 10.6 Å². The molecule has 1 aliphatic carbocycles. The predicted molar refractivity (Wildman–Crippen MR) is 95.4 cm³/mol. The Balaban J connectivity index is 1.50. The molecule has 5 nitrogen and oxygen atoms in total. The number of anilines is 2. The molecular weight excluding hydrogens is 359 g/mol. The minimum Gasteiger partial charge on any atom is -0.335 e. The molecular formula is C19H18F3N3O2. The molecule has 0 atom stereocenters. The lowest BCUT2D eigenvalue weighted by atomic mass is 10.1. The molecule has 0 saturated heterocycles. The summed E-state index contributed by atoms with van der Waals surface area (Å²) in [6.07, 6.45) is -2.44. The molecule has 0 aromatic heterocycles.